The summed E-state index contributed by atoms with van der Waals surface area (Å²) in [6, 6.07) is 1.83. The summed E-state index contributed by atoms with van der Waals surface area (Å²) in [5.41, 5.74) is 0.0695. The molecule has 1 heterocycles. The Morgan fingerprint density at radius 1 is 1.11 bits per heavy atom. The largest absolute Gasteiger partial charge is 0.507 e. The summed E-state index contributed by atoms with van der Waals surface area (Å²) in [6.07, 6.45) is -10.6. The molecule has 1 atom stereocenters. The SMILES string of the molecule is CC(O)c1cc2c(cc1Cl)OC(F)(F)C(F)(F)O2. The monoisotopic (exact) mass is 286 g/mol. The third-order valence-electron chi connectivity index (χ3n) is 2.33. The molecule has 3 nitrogen and oxygen atoms in total. The van der Waals surface area contributed by atoms with Gasteiger partial charge in [-0.15, -0.1) is 0 Å². The molecule has 8 heteroatoms. The van der Waals surface area contributed by atoms with Crippen LogP contribution in [0.2, 0.25) is 5.02 Å². The van der Waals surface area contributed by atoms with Crippen molar-refractivity contribution >= 4 is 11.6 Å². The predicted molar refractivity (Wildman–Crippen MR) is 53.2 cm³/mol. The van der Waals surface area contributed by atoms with E-state index in [0.717, 1.165) is 12.1 Å². The molecule has 1 unspecified atom stereocenters. The summed E-state index contributed by atoms with van der Waals surface area (Å²) in [4.78, 5) is 0. The highest BCUT2D eigenvalue weighted by molar-refractivity contribution is 6.31. The van der Waals surface area contributed by atoms with Crippen molar-refractivity contribution in [2.45, 2.75) is 25.2 Å². The number of ether oxygens (including phenoxy) is 2. The minimum atomic E-state index is -4.79. The van der Waals surface area contributed by atoms with Gasteiger partial charge in [-0.3, -0.25) is 0 Å². The quantitative estimate of drug-likeness (QED) is 0.805. The standard InChI is InChI=1S/C10H7ClF4O3/c1-4(16)5-2-7-8(3-6(5)11)18-10(14,15)9(12,13)17-7/h2-4,16H,1H3. The van der Waals surface area contributed by atoms with E-state index in [1.807, 2.05) is 0 Å². The van der Waals surface area contributed by atoms with E-state index in [-0.39, 0.29) is 10.6 Å². The summed E-state index contributed by atoms with van der Waals surface area (Å²) in [7, 11) is 0. The third-order valence-corrected chi connectivity index (χ3v) is 2.66. The van der Waals surface area contributed by atoms with Crippen LogP contribution >= 0.6 is 11.6 Å². The van der Waals surface area contributed by atoms with Crippen LogP contribution in [0.25, 0.3) is 0 Å². The molecule has 100 valence electrons. The minimum Gasteiger partial charge on any atom is -0.421 e. The molecule has 0 amide bonds. The minimum absolute atomic E-state index is 0.0695. The molecular weight excluding hydrogens is 280 g/mol. The van der Waals surface area contributed by atoms with Gasteiger partial charge >= 0.3 is 12.2 Å². The number of fused-ring (bicyclic) bond motifs is 1. The zero-order chi connectivity index (χ0) is 13.7. The first-order valence-electron chi connectivity index (χ1n) is 4.79. The van der Waals surface area contributed by atoms with Gasteiger partial charge in [0.05, 0.1) is 11.1 Å². The van der Waals surface area contributed by atoms with Gasteiger partial charge in [-0.2, -0.15) is 17.6 Å². The molecule has 0 spiro atoms. The van der Waals surface area contributed by atoms with Crippen LogP contribution in [0.3, 0.4) is 0 Å². The van der Waals surface area contributed by atoms with Crippen molar-refractivity contribution in [1.82, 2.24) is 0 Å². The highest BCUT2D eigenvalue weighted by Gasteiger charge is 2.66. The summed E-state index contributed by atoms with van der Waals surface area (Å²) >= 11 is 5.69. The Labute approximate surface area is 104 Å². The fourth-order valence-electron chi connectivity index (χ4n) is 1.43. The molecule has 1 aliphatic heterocycles. The van der Waals surface area contributed by atoms with Crippen molar-refractivity contribution in [1.29, 1.82) is 0 Å². The fourth-order valence-corrected chi connectivity index (χ4v) is 1.74. The van der Waals surface area contributed by atoms with Gasteiger partial charge in [-0.05, 0) is 13.0 Å². The Bertz CT molecular complexity index is 490. The Morgan fingerprint density at radius 3 is 2.00 bits per heavy atom. The molecule has 1 aliphatic rings. The van der Waals surface area contributed by atoms with Gasteiger partial charge in [-0.25, -0.2) is 0 Å². The molecule has 0 bridgehead atoms. The number of benzene rings is 1. The number of rotatable bonds is 1. The molecule has 0 saturated heterocycles. The van der Waals surface area contributed by atoms with Crippen LogP contribution in [-0.4, -0.2) is 17.3 Å². The lowest BCUT2D eigenvalue weighted by Gasteiger charge is -2.32. The van der Waals surface area contributed by atoms with Gasteiger partial charge in [0.1, 0.15) is 0 Å². The first-order chi connectivity index (χ1) is 8.14. The van der Waals surface area contributed by atoms with Gasteiger partial charge in [-0.1, -0.05) is 11.6 Å². The van der Waals surface area contributed by atoms with Crippen molar-refractivity contribution in [2.24, 2.45) is 0 Å². The predicted octanol–water partition coefficient (Wildman–Crippen LogP) is 3.35. The van der Waals surface area contributed by atoms with Crippen molar-refractivity contribution in [3.63, 3.8) is 0 Å². The summed E-state index contributed by atoms with van der Waals surface area (Å²) in [5.74, 6) is -1.22. The Morgan fingerprint density at radius 2 is 1.56 bits per heavy atom. The lowest BCUT2D eigenvalue weighted by molar-refractivity contribution is -0.391. The molecule has 1 N–H and O–H groups in total. The summed E-state index contributed by atoms with van der Waals surface area (Å²) in [6.45, 7) is 1.34. The van der Waals surface area contributed by atoms with E-state index < -0.39 is 29.8 Å². The molecular formula is C10H7ClF4O3. The number of alkyl halides is 4. The molecule has 2 rings (SSSR count). The van der Waals surface area contributed by atoms with Crippen molar-refractivity contribution in [3.05, 3.63) is 22.7 Å². The van der Waals surface area contributed by atoms with E-state index in [2.05, 4.69) is 9.47 Å². The van der Waals surface area contributed by atoms with E-state index in [4.69, 9.17) is 11.6 Å². The average Bonchev–Trinajstić information content (AvgIpc) is 2.18. The molecule has 18 heavy (non-hydrogen) atoms. The lowest BCUT2D eigenvalue weighted by Crippen LogP contribution is -2.52. The van der Waals surface area contributed by atoms with E-state index in [9.17, 15) is 22.7 Å². The zero-order valence-corrected chi connectivity index (χ0v) is 9.64. The fraction of sp³-hybridized carbons (Fsp3) is 0.400. The van der Waals surface area contributed by atoms with Crippen molar-refractivity contribution in [2.75, 3.05) is 0 Å². The number of hydrogen-bond donors (Lipinski definition) is 1. The molecule has 0 radical (unpaired) electrons. The first-order valence-corrected chi connectivity index (χ1v) is 5.17. The highest BCUT2D eigenvalue weighted by atomic mass is 35.5. The molecule has 0 aliphatic carbocycles. The Hall–Kier alpha value is -1.21. The molecule has 0 fully saturated rings. The first kappa shape index (κ1) is 13.2. The second-order valence-electron chi connectivity index (χ2n) is 3.73. The Balaban J connectivity index is 2.51. The summed E-state index contributed by atoms with van der Waals surface area (Å²) in [5, 5.41) is 9.23. The van der Waals surface area contributed by atoms with E-state index in [1.165, 1.54) is 6.92 Å². The lowest BCUT2D eigenvalue weighted by atomic mass is 10.1. The van der Waals surface area contributed by atoms with Crippen LogP contribution in [0.4, 0.5) is 17.6 Å². The van der Waals surface area contributed by atoms with Gasteiger partial charge < -0.3 is 14.6 Å². The van der Waals surface area contributed by atoms with Crippen molar-refractivity contribution < 1.29 is 32.1 Å². The molecule has 0 saturated carbocycles. The van der Waals surface area contributed by atoms with Gasteiger partial charge in [0, 0.05) is 11.6 Å². The summed E-state index contributed by atoms with van der Waals surface area (Å²) < 4.78 is 59.3. The molecule has 1 aromatic rings. The van der Waals surface area contributed by atoms with Crippen molar-refractivity contribution in [3.8, 4) is 11.5 Å². The van der Waals surface area contributed by atoms with Crippen LogP contribution < -0.4 is 9.47 Å². The topological polar surface area (TPSA) is 38.7 Å². The van der Waals surface area contributed by atoms with Crippen LogP contribution in [-0.2, 0) is 0 Å². The maximum Gasteiger partial charge on any atom is 0.507 e. The maximum absolute atomic E-state index is 12.9. The number of aliphatic hydroxyl groups is 1. The number of halogens is 5. The van der Waals surface area contributed by atoms with Gasteiger partial charge in [0.25, 0.3) is 0 Å². The Kier molecular flexibility index (Phi) is 2.86. The van der Waals surface area contributed by atoms with Crippen LogP contribution in [0.5, 0.6) is 11.5 Å². The average molecular weight is 287 g/mol. The third kappa shape index (κ3) is 1.97. The second-order valence-corrected chi connectivity index (χ2v) is 4.14. The second kappa shape index (κ2) is 3.89. The number of aliphatic hydroxyl groups excluding tert-OH is 1. The highest BCUT2D eigenvalue weighted by Crippen LogP contribution is 2.48. The van der Waals surface area contributed by atoms with Crippen LogP contribution in [0, 0.1) is 0 Å². The smallest absolute Gasteiger partial charge is 0.421 e. The van der Waals surface area contributed by atoms with E-state index in [1.54, 1.807) is 0 Å². The van der Waals surface area contributed by atoms with Crippen LogP contribution in [0.15, 0.2) is 12.1 Å². The van der Waals surface area contributed by atoms with Gasteiger partial charge in [0.15, 0.2) is 11.5 Å². The number of hydrogen-bond acceptors (Lipinski definition) is 3. The molecule has 1 aromatic carbocycles. The normalized spacial score (nSPS) is 21.5. The van der Waals surface area contributed by atoms with E-state index in [0.29, 0.717) is 0 Å². The van der Waals surface area contributed by atoms with Gasteiger partial charge in [0.2, 0.25) is 0 Å². The zero-order valence-electron chi connectivity index (χ0n) is 8.89. The maximum atomic E-state index is 12.9. The molecule has 0 aromatic heterocycles. The van der Waals surface area contributed by atoms with E-state index >= 15 is 0 Å². The van der Waals surface area contributed by atoms with Crippen LogP contribution in [0.1, 0.15) is 18.6 Å².